The number of terminal acetylenes is 1. The van der Waals surface area contributed by atoms with Crippen LogP contribution in [0.2, 0.25) is 0 Å². The molecule has 0 N–H and O–H groups in total. The van der Waals surface area contributed by atoms with E-state index in [2.05, 4.69) is 17.8 Å². The first-order chi connectivity index (χ1) is 4.91. The third-order valence-electron chi connectivity index (χ3n) is 1.03. The van der Waals surface area contributed by atoms with Crippen molar-refractivity contribution in [3.05, 3.63) is 0 Å². The standard InChI is InChI=1S/C9H10O/c1-2-3-4-5-6-7-8-9-10/h1,9H,5-8H2. The molecule has 0 unspecified atom stereocenters. The molecule has 1 heteroatoms. The Morgan fingerprint density at radius 1 is 1.40 bits per heavy atom. The van der Waals surface area contributed by atoms with Gasteiger partial charge in [0.25, 0.3) is 0 Å². The third kappa shape index (κ3) is 6.79. The Balaban J connectivity index is 3.06. The van der Waals surface area contributed by atoms with Crippen LogP contribution < -0.4 is 0 Å². The van der Waals surface area contributed by atoms with Crippen LogP contribution in [0.4, 0.5) is 0 Å². The summed E-state index contributed by atoms with van der Waals surface area (Å²) in [4.78, 5) is 9.83. The average molecular weight is 134 g/mol. The van der Waals surface area contributed by atoms with Gasteiger partial charge < -0.3 is 4.79 Å². The van der Waals surface area contributed by atoms with Crippen molar-refractivity contribution < 1.29 is 4.79 Å². The highest BCUT2D eigenvalue weighted by Crippen LogP contribution is 1.95. The quantitative estimate of drug-likeness (QED) is 0.322. The lowest BCUT2D eigenvalue weighted by atomic mass is 10.2. The summed E-state index contributed by atoms with van der Waals surface area (Å²) in [5.41, 5.74) is 0. The first-order valence-corrected chi connectivity index (χ1v) is 3.29. The average Bonchev–Trinajstić information content (AvgIpc) is 1.97. The summed E-state index contributed by atoms with van der Waals surface area (Å²) < 4.78 is 0. The molecule has 0 atom stereocenters. The molecule has 0 radical (unpaired) electrons. The van der Waals surface area contributed by atoms with Crippen molar-refractivity contribution >= 4 is 6.29 Å². The highest BCUT2D eigenvalue weighted by Gasteiger charge is 1.82. The zero-order valence-corrected chi connectivity index (χ0v) is 5.89. The summed E-state index contributed by atoms with van der Waals surface area (Å²) in [5, 5.41) is 0. The molecule has 0 aromatic heterocycles. The zero-order valence-electron chi connectivity index (χ0n) is 5.89. The largest absolute Gasteiger partial charge is 0.303 e. The second kappa shape index (κ2) is 7.79. The van der Waals surface area contributed by atoms with E-state index < -0.39 is 0 Å². The van der Waals surface area contributed by atoms with Crippen molar-refractivity contribution in [3.63, 3.8) is 0 Å². The zero-order chi connectivity index (χ0) is 7.66. The molecule has 0 aliphatic rings. The molecule has 0 aromatic carbocycles. The first-order valence-electron chi connectivity index (χ1n) is 3.29. The fourth-order valence-electron chi connectivity index (χ4n) is 0.555. The third-order valence-corrected chi connectivity index (χ3v) is 1.03. The summed E-state index contributed by atoms with van der Waals surface area (Å²) in [7, 11) is 0. The number of rotatable bonds is 4. The number of carbonyl (C=O) groups is 1. The Hall–Kier alpha value is -1.21. The maximum atomic E-state index is 9.83. The Morgan fingerprint density at radius 2 is 2.20 bits per heavy atom. The molecule has 0 saturated heterocycles. The molecule has 0 fully saturated rings. The maximum Gasteiger partial charge on any atom is 0.119 e. The summed E-state index contributed by atoms with van der Waals surface area (Å²) in [5.74, 6) is 7.53. The number of carbonyl (C=O) groups excluding carboxylic acids is 1. The Kier molecular flexibility index (Phi) is 6.85. The van der Waals surface area contributed by atoms with Gasteiger partial charge in [0.1, 0.15) is 6.29 Å². The van der Waals surface area contributed by atoms with Crippen molar-refractivity contribution in [3.8, 4) is 24.2 Å². The Bertz CT molecular complexity index is 175. The lowest BCUT2D eigenvalue weighted by Gasteiger charge is -1.86. The molecule has 52 valence electrons. The minimum absolute atomic E-state index is 0.637. The van der Waals surface area contributed by atoms with Gasteiger partial charge in [0.05, 0.1) is 0 Å². The van der Waals surface area contributed by atoms with Gasteiger partial charge in [0, 0.05) is 12.8 Å². The first kappa shape index (κ1) is 8.79. The van der Waals surface area contributed by atoms with Crippen LogP contribution in [0.1, 0.15) is 25.7 Å². The molecule has 0 spiro atoms. The summed E-state index contributed by atoms with van der Waals surface area (Å²) >= 11 is 0. The smallest absolute Gasteiger partial charge is 0.119 e. The second-order valence-electron chi connectivity index (χ2n) is 1.86. The van der Waals surface area contributed by atoms with Gasteiger partial charge in [-0.15, -0.1) is 6.42 Å². The van der Waals surface area contributed by atoms with Crippen LogP contribution in [0.15, 0.2) is 0 Å². The molecule has 0 amide bonds. The van der Waals surface area contributed by atoms with E-state index in [4.69, 9.17) is 6.42 Å². The Labute approximate surface area is 61.8 Å². The maximum absolute atomic E-state index is 9.83. The van der Waals surface area contributed by atoms with E-state index in [9.17, 15) is 4.79 Å². The van der Waals surface area contributed by atoms with Crippen LogP contribution in [-0.2, 0) is 4.79 Å². The normalized spacial score (nSPS) is 7.10. The van der Waals surface area contributed by atoms with Crippen LogP contribution in [0.25, 0.3) is 0 Å². The Morgan fingerprint density at radius 3 is 2.80 bits per heavy atom. The van der Waals surface area contributed by atoms with Crippen molar-refractivity contribution in [2.75, 3.05) is 0 Å². The monoisotopic (exact) mass is 134 g/mol. The lowest BCUT2D eigenvalue weighted by Crippen LogP contribution is -1.75. The molecule has 0 aliphatic heterocycles. The van der Waals surface area contributed by atoms with Crippen LogP contribution in [-0.4, -0.2) is 6.29 Å². The number of unbranched alkanes of at least 4 members (excludes halogenated alkanes) is 3. The minimum Gasteiger partial charge on any atom is -0.303 e. The molecule has 0 heterocycles. The summed E-state index contributed by atoms with van der Waals surface area (Å²) in [6, 6.07) is 0. The van der Waals surface area contributed by atoms with E-state index >= 15 is 0 Å². The van der Waals surface area contributed by atoms with Gasteiger partial charge in [-0.05, 0) is 24.7 Å². The molecule has 10 heavy (non-hydrogen) atoms. The van der Waals surface area contributed by atoms with Crippen LogP contribution in [0.5, 0.6) is 0 Å². The fraction of sp³-hybridized carbons (Fsp3) is 0.444. The topological polar surface area (TPSA) is 17.1 Å². The van der Waals surface area contributed by atoms with E-state index in [-0.39, 0.29) is 0 Å². The molecular formula is C9H10O. The van der Waals surface area contributed by atoms with Gasteiger partial charge in [0.2, 0.25) is 0 Å². The highest BCUT2D eigenvalue weighted by molar-refractivity contribution is 5.48. The number of hydrogen-bond acceptors (Lipinski definition) is 1. The highest BCUT2D eigenvalue weighted by atomic mass is 16.1. The number of hydrogen-bond donors (Lipinski definition) is 0. The van der Waals surface area contributed by atoms with Gasteiger partial charge in [-0.25, -0.2) is 0 Å². The molecule has 0 rings (SSSR count). The van der Waals surface area contributed by atoms with Crippen molar-refractivity contribution in [1.29, 1.82) is 0 Å². The predicted molar refractivity (Wildman–Crippen MR) is 41.1 cm³/mol. The minimum atomic E-state index is 0.637. The van der Waals surface area contributed by atoms with Crippen LogP contribution in [0.3, 0.4) is 0 Å². The van der Waals surface area contributed by atoms with E-state index in [1.54, 1.807) is 0 Å². The van der Waals surface area contributed by atoms with Crippen LogP contribution >= 0.6 is 0 Å². The summed E-state index contributed by atoms with van der Waals surface area (Å²) in [6.45, 7) is 0. The lowest BCUT2D eigenvalue weighted by molar-refractivity contribution is -0.107. The van der Waals surface area contributed by atoms with E-state index in [0.29, 0.717) is 6.42 Å². The molecule has 0 saturated carbocycles. The molecule has 1 nitrogen and oxygen atoms in total. The van der Waals surface area contributed by atoms with E-state index in [1.807, 2.05) is 0 Å². The van der Waals surface area contributed by atoms with E-state index in [0.717, 1.165) is 25.5 Å². The van der Waals surface area contributed by atoms with Gasteiger partial charge >= 0.3 is 0 Å². The second-order valence-corrected chi connectivity index (χ2v) is 1.86. The van der Waals surface area contributed by atoms with E-state index in [1.165, 1.54) is 0 Å². The SMILES string of the molecule is C#CC#CCCCCC=O. The van der Waals surface area contributed by atoms with Crippen LogP contribution in [0, 0.1) is 24.2 Å². The summed E-state index contributed by atoms with van der Waals surface area (Å²) in [6.07, 6.45) is 9.14. The predicted octanol–water partition coefficient (Wildman–Crippen LogP) is 1.38. The fourth-order valence-corrected chi connectivity index (χ4v) is 0.555. The molecule has 0 aliphatic carbocycles. The van der Waals surface area contributed by atoms with Gasteiger partial charge in [-0.2, -0.15) is 0 Å². The molecule has 0 aromatic rings. The van der Waals surface area contributed by atoms with Gasteiger partial charge in [0.15, 0.2) is 0 Å². The molecule has 0 bridgehead atoms. The van der Waals surface area contributed by atoms with Crippen molar-refractivity contribution in [1.82, 2.24) is 0 Å². The van der Waals surface area contributed by atoms with Crippen molar-refractivity contribution in [2.45, 2.75) is 25.7 Å². The number of aldehydes is 1. The van der Waals surface area contributed by atoms with Gasteiger partial charge in [-0.3, -0.25) is 0 Å². The van der Waals surface area contributed by atoms with Crippen molar-refractivity contribution in [2.24, 2.45) is 0 Å². The molecular weight excluding hydrogens is 124 g/mol. The van der Waals surface area contributed by atoms with Gasteiger partial charge in [-0.1, -0.05) is 5.92 Å².